The van der Waals surface area contributed by atoms with E-state index in [1.165, 1.54) is 0 Å². The molecule has 0 aliphatic carbocycles. The molecule has 5 heteroatoms. The first-order chi connectivity index (χ1) is 9.77. The van der Waals surface area contributed by atoms with Crippen LogP contribution >= 0.6 is 0 Å². The first kappa shape index (κ1) is 16.0. The molecule has 1 atom stereocenters. The Kier molecular flexibility index (Phi) is 4.71. The molecule has 0 radical (unpaired) electrons. The zero-order valence-corrected chi connectivity index (χ0v) is 13.8. The number of likely N-dealkylation sites (tertiary alicyclic amines) is 1. The fourth-order valence-electron chi connectivity index (χ4n) is 2.91. The Hall–Kier alpha value is -1.36. The summed E-state index contributed by atoms with van der Waals surface area (Å²) in [6.45, 7) is 10.6. The van der Waals surface area contributed by atoms with E-state index in [0.29, 0.717) is 6.04 Å². The molecule has 1 fully saturated rings. The SMILES string of the molecule is Cc1cc(CN2CCCC(N(C)C(=O)C(C)(C)C)C2)no1. The second kappa shape index (κ2) is 6.18. The predicted octanol–water partition coefficient (Wildman–Crippen LogP) is 2.45. The van der Waals surface area contributed by atoms with Crippen molar-refractivity contribution < 1.29 is 9.32 Å². The van der Waals surface area contributed by atoms with Crippen molar-refractivity contribution in [2.24, 2.45) is 5.41 Å². The molecule has 1 aliphatic heterocycles. The summed E-state index contributed by atoms with van der Waals surface area (Å²) in [5.74, 6) is 1.06. The van der Waals surface area contributed by atoms with Crippen molar-refractivity contribution in [3.63, 3.8) is 0 Å². The molecule has 0 N–H and O–H groups in total. The molecule has 2 rings (SSSR count). The van der Waals surface area contributed by atoms with Crippen molar-refractivity contribution in [1.82, 2.24) is 15.0 Å². The van der Waals surface area contributed by atoms with Crippen LogP contribution in [0.4, 0.5) is 0 Å². The van der Waals surface area contributed by atoms with Crippen LogP contribution in [0.3, 0.4) is 0 Å². The van der Waals surface area contributed by atoms with E-state index in [4.69, 9.17) is 4.52 Å². The van der Waals surface area contributed by atoms with E-state index in [9.17, 15) is 4.79 Å². The van der Waals surface area contributed by atoms with Gasteiger partial charge in [0.2, 0.25) is 5.91 Å². The number of amides is 1. The molecular formula is C16H27N3O2. The summed E-state index contributed by atoms with van der Waals surface area (Å²) in [5, 5.41) is 4.06. The van der Waals surface area contributed by atoms with E-state index in [1.807, 2.05) is 45.7 Å². The molecule has 1 unspecified atom stereocenters. The van der Waals surface area contributed by atoms with Crippen LogP contribution in [0.5, 0.6) is 0 Å². The molecule has 1 aromatic heterocycles. The number of carbonyl (C=O) groups is 1. The van der Waals surface area contributed by atoms with Crippen molar-refractivity contribution in [2.75, 3.05) is 20.1 Å². The quantitative estimate of drug-likeness (QED) is 0.859. The highest BCUT2D eigenvalue weighted by Crippen LogP contribution is 2.22. The third-order valence-corrected chi connectivity index (χ3v) is 4.05. The molecular weight excluding hydrogens is 266 g/mol. The largest absolute Gasteiger partial charge is 0.361 e. The maximum atomic E-state index is 12.4. The van der Waals surface area contributed by atoms with Crippen molar-refractivity contribution in [1.29, 1.82) is 0 Å². The zero-order valence-electron chi connectivity index (χ0n) is 13.8. The van der Waals surface area contributed by atoms with Crippen molar-refractivity contribution in [3.8, 4) is 0 Å². The number of hydrogen-bond donors (Lipinski definition) is 0. The number of rotatable bonds is 3. The van der Waals surface area contributed by atoms with Crippen LogP contribution in [0, 0.1) is 12.3 Å². The maximum absolute atomic E-state index is 12.4. The molecule has 0 saturated carbocycles. The Labute approximate surface area is 127 Å². The highest BCUT2D eigenvalue weighted by atomic mass is 16.5. The first-order valence-corrected chi connectivity index (χ1v) is 7.69. The molecule has 1 saturated heterocycles. The number of likely N-dealkylation sites (N-methyl/N-ethyl adjacent to an activating group) is 1. The van der Waals surface area contributed by atoms with Crippen LogP contribution in [0.25, 0.3) is 0 Å². The normalized spacial score (nSPS) is 20.5. The van der Waals surface area contributed by atoms with E-state index in [-0.39, 0.29) is 11.3 Å². The maximum Gasteiger partial charge on any atom is 0.227 e. The van der Waals surface area contributed by atoms with Gasteiger partial charge in [-0.3, -0.25) is 9.69 Å². The lowest BCUT2D eigenvalue weighted by molar-refractivity contribution is -0.141. The smallest absolute Gasteiger partial charge is 0.227 e. The van der Waals surface area contributed by atoms with Crippen LogP contribution in [0.2, 0.25) is 0 Å². The second-order valence-electron chi connectivity index (χ2n) is 7.13. The van der Waals surface area contributed by atoms with E-state index in [1.54, 1.807) is 0 Å². The molecule has 118 valence electrons. The molecule has 21 heavy (non-hydrogen) atoms. The number of hydrogen-bond acceptors (Lipinski definition) is 4. The minimum atomic E-state index is -0.319. The highest BCUT2D eigenvalue weighted by Gasteiger charge is 2.32. The van der Waals surface area contributed by atoms with Crippen molar-refractivity contribution in [3.05, 3.63) is 17.5 Å². The Balaban J connectivity index is 1.95. The lowest BCUT2D eigenvalue weighted by Gasteiger charge is -2.39. The van der Waals surface area contributed by atoms with Crippen LogP contribution in [-0.4, -0.2) is 47.0 Å². The Morgan fingerprint density at radius 1 is 1.52 bits per heavy atom. The first-order valence-electron chi connectivity index (χ1n) is 7.69. The monoisotopic (exact) mass is 293 g/mol. The lowest BCUT2D eigenvalue weighted by Crippen LogP contribution is -2.50. The van der Waals surface area contributed by atoms with Gasteiger partial charge in [-0.15, -0.1) is 0 Å². The van der Waals surface area contributed by atoms with E-state index < -0.39 is 0 Å². The number of aryl methyl sites for hydroxylation is 1. The summed E-state index contributed by atoms with van der Waals surface area (Å²) >= 11 is 0. The second-order valence-corrected chi connectivity index (χ2v) is 7.13. The summed E-state index contributed by atoms with van der Waals surface area (Å²) < 4.78 is 5.12. The predicted molar refractivity (Wildman–Crippen MR) is 81.8 cm³/mol. The molecule has 2 heterocycles. The number of piperidine rings is 1. The lowest BCUT2D eigenvalue weighted by atomic mass is 9.93. The Morgan fingerprint density at radius 2 is 2.24 bits per heavy atom. The van der Waals surface area contributed by atoms with Gasteiger partial charge < -0.3 is 9.42 Å². The van der Waals surface area contributed by atoms with Gasteiger partial charge in [0.25, 0.3) is 0 Å². The van der Waals surface area contributed by atoms with Gasteiger partial charge in [0, 0.05) is 37.7 Å². The standard InChI is InChI=1S/C16H27N3O2/c1-12-9-13(17-21-12)10-19-8-6-7-14(11-19)18(5)15(20)16(2,3)4/h9,14H,6-8,10-11H2,1-5H3. The highest BCUT2D eigenvalue weighted by molar-refractivity contribution is 5.81. The molecule has 1 amide bonds. The van der Waals surface area contributed by atoms with Gasteiger partial charge >= 0.3 is 0 Å². The summed E-state index contributed by atoms with van der Waals surface area (Å²) in [5.41, 5.74) is 0.651. The third kappa shape index (κ3) is 4.06. The summed E-state index contributed by atoms with van der Waals surface area (Å²) in [6, 6.07) is 2.27. The van der Waals surface area contributed by atoms with Gasteiger partial charge in [-0.05, 0) is 26.3 Å². The Morgan fingerprint density at radius 3 is 2.81 bits per heavy atom. The molecule has 0 aromatic carbocycles. The summed E-state index contributed by atoms with van der Waals surface area (Å²) in [7, 11) is 1.93. The van der Waals surface area contributed by atoms with Crippen molar-refractivity contribution in [2.45, 2.75) is 53.1 Å². The molecule has 1 aliphatic rings. The number of carbonyl (C=O) groups excluding carboxylic acids is 1. The fourth-order valence-corrected chi connectivity index (χ4v) is 2.91. The fraction of sp³-hybridized carbons (Fsp3) is 0.750. The van der Waals surface area contributed by atoms with Crippen LogP contribution < -0.4 is 0 Å². The molecule has 1 aromatic rings. The van der Waals surface area contributed by atoms with Crippen LogP contribution in [-0.2, 0) is 11.3 Å². The zero-order chi connectivity index (χ0) is 15.6. The van der Waals surface area contributed by atoms with Gasteiger partial charge in [0.15, 0.2) is 0 Å². The average Bonchev–Trinajstić information content (AvgIpc) is 2.81. The van der Waals surface area contributed by atoms with Crippen LogP contribution in [0.15, 0.2) is 10.6 Å². The van der Waals surface area contributed by atoms with Gasteiger partial charge in [0.1, 0.15) is 5.76 Å². The molecule has 0 bridgehead atoms. The molecule has 5 nitrogen and oxygen atoms in total. The molecule has 0 spiro atoms. The Bertz CT molecular complexity index is 490. The van der Waals surface area contributed by atoms with Crippen molar-refractivity contribution >= 4 is 5.91 Å². The van der Waals surface area contributed by atoms with Crippen LogP contribution in [0.1, 0.15) is 45.1 Å². The van der Waals surface area contributed by atoms with Gasteiger partial charge in [0.05, 0.1) is 5.69 Å². The van der Waals surface area contributed by atoms with Gasteiger partial charge in [-0.2, -0.15) is 0 Å². The average molecular weight is 293 g/mol. The van der Waals surface area contributed by atoms with E-state index >= 15 is 0 Å². The van der Waals surface area contributed by atoms with E-state index in [2.05, 4.69) is 10.1 Å². The minimum Gasteiger partial charge on any atom is -0.361 e. The summed E-state index contributed by atoms with van der Waals surface area (Å²) in [4.78, 5) is 16.7. The van der Waals surface area contributed by atoms with Gasteiger partial charge in [-0.25, -0.2) is 0 Å². The summed E-state index contributed by atoms with van der Waals surface area (Å²) in [6.07, 6.45) is 2.19. The van der Waals surface area contributed by atoms with E-state index in [0.717, 1.165) is 43.9 Å². The van der Waals surface area contributed by atoms with Gasteiger partial charge in [-0.1, -0.05) is 25.9 Å². The minimum absolute atomic E-state index is 0.214. The topological polar surface area (TPSA) is 49.6 Å². The number of nitrogens with zero attached hydrogens (tertiary/aromatic N) is 3. The third-order valence-electron chi connectivity index (χ3n) is 4.05. The number of aromatic nitrogens is 1.